The standard InChI is InChI=1S/C44H50ClN5O11S/c1-5-59-41(52)38(26-17-19-29-47-42(53)60-32-34-23-13-14-24-35(34)45)49(62(57,58)39-27-16-15-25-37(39)50(55)56)30-20-9-7-6-8-18-28-46-40(51)36(31-33-21-11-10-12-22-33)48-43(54)61-44(2,3)4/h6-7,10-16,21-25,27,36,38H,5,17,19,26,28-32H2,1-4H3,(H,46,51)(H,47,53)(H,48,54)/b7-6-/t36-,38-/m0/s1. The molecule has 3 N–H and O–H groups in total. The molecule has 0 unspecified atom stereocenters. The van der Waals surface area contributed by atoms with Gasteiger partial charge in [-0.2, -0.15) is 4.31 Å². The molecule has 3 rings (SSSR count). The van der Waals surface area contributed by atoms with Crippen LogP contribution in [0.25, 0.3) is 0 Å². The van der Waals surface area contributed by atoms with Crippen molar-refractivity contribution >= 4 is 51.4 Å². The lowest BCUT2D eigenvalue weighted by molar-refractivity contribution is -0.387. The number of halogens is 1. The molecule has 0 saturated heterocycles. The largest absolute Gasteiger partial charge is 0.465 e. The number of alkyl carbamates (subject to hydrolysis) is 2. The Kier molecular flexibility index (Phi) is 20.5. The molecule has 18 heteroatoms. The number of nitro groups is 1. The van der Waals surface area contributed by atoms with Crippen LogP contribution in [0.5, 0.6) is 0 Å². The minimum absolute atomic E-state index is 0.0531. The van der Waals surface area contributed by atoms with Crippen LogP contribution in [0, 0.1) is 33.8 Å². The fourth-order valence-electron chi connectivity index (χ4n) is 5.54. The molecule has 0 radical (unpaired) electrons. The number of amides is 3. The Labute approximate surface area is 366 Å². The summed E-state index contributed by atoms with van der Waals surface area (Å²) in [6.07, 6.45) is 1.88. The first-order valence-corrected chi connectivity index (χ1v) is 21.3. The third-order valence-corrected chi connectivity index (χ3v) is 10.6. The van der Waals surface area contributed by atoms with Crippen LogP contribution in [0.15, 0.2) is 95.9 Å². The van der Waals surface area contributed by atoms with Gasteiger partial charge in [-0.15, -0.1) is 0 Å². The molecule has 0 bridgehead atoms. The lowest BCUT2D eigenvalue weighted by atomic mass is 10.1. The number of nitrogens with one attached hydrogen (secondary N) is 3. The summed E-state index contributed by atoms with van der Waals surface area (Å²) < 4.78 is 44.8. The Balaban J connectivity index is 1.71. The fourth-order valence-corrected chi connectivity index (χ4v) is 7.40. The fraction of sp³-hybridized carbons (Fsp3) is 0.364. The third-order valence-electron chi connectivity index (χ3n) is 8.38. The maximum Gasteiger partial charge on any atom is 0.408 e. The monoisotopic (exact) mass is 891 g/mol. The molecule has 3 aromatic rings. The quantitative estimate of drug-likeness (QED) is 0.0313. The molecule has 3 aromatic carbocycles. The van der Waals surface area contributed by atoms with Crippen LogP contribution in [0.4, 0.5) is 15.3 Å². The van der Waals surface area contributed by atoms with E-state index in [9.17, 15) is 37.7 Å². The zero-order chi connectivity index (χ0) is 45.5. The Bertz CT molecular complexity index is 2280. The molecular formula is C44H50ClN5O11S. The number of carbonyl (C=O) groups excluding carboxylic acids is 4. The summed E-state index contributed by atoms with van der Waals surface area (Å²) in [5.74, 6) is 9.40. The first kappa shape index (κ1) is 50.0. The van der Waals surface area contributed by atoms with Gasteiger partial charge in [-0.25, -0.2) is 18.0 Å². The van der Waals surface area contributed by atoms with Crippen LogP contribution >= 0.6 is 11.6 Å². The molecule has 2 atom stereocenters. The SMILES string of the molecule is CCOC(=O)[C@H](CCCCNC(=O)OCc1ccccc1Cl)N(CC#C/C=C\C#CCNC(=O)[C@H](Cc1ccccc1)NC(=O)OC(C)(C)C)S(=O)(=O)c1ccccc1[N+](=O)[O-]. The second-order valence-electron chi connectivity index (χ2n) is 14.2. The summed E-state index contributed by atoms with van der Waals surface area (Å²) in [5.41, 5.74) is -0.0270. The Morgan fingerprint density at radius 1 is 0.887 bits per heavy atom. The van der Waals surface area contributed by atoms with E-state index in [1.54, 1.807) is 52.0 Å². The van der Waals surface area contributed by atoms with E-state index < -0.39 is 73.8 Å². The second kappa shape index (κ2) is 25.4. The molecule has 0 aliphatic rings. The summed E-state index contributed by atoms with van der Waals surface area (Å²) in [7, 11) is -4.73. The normalized spacial score (nSPS) is 12.1. The number of esters is 1. The second-order valence-corrected chi connectivity index (χ2v) is 16.5. The number of para-hydroxylation sites is 1. The van der Waals surface area contributed by atoms with Crippen LogP contribution in [-0.2, 0) is 46.9 Å². The predicted molar refractivity (Wildman–Crippen MR) is 232 cm³/mol. The third kappa shape index (κ3) is 17.3. The Hall–Kier alpha value is -6.40. The summed E-state index contributed by atoms with van der Waals surface area (Å²) in [6, 6.07) is 18.4. The maximum absolute atomic E-state index is 14.1. The van der Waals surface area contributed by atoms with E-state index in [1.165, 1.54) is 24.3 Å². The molecule has 0 spiro atoms. The number of hydrogen-bond donors (Lipinski definition) is 3. The van der Waals surface area contributed by atoms with Crippen LogP contribution < -0.4 is 16.0 Å². The predicted octanol–water partition coefficient (Wildman–Crippen LogP) is 6.08. The summed E-state index contributed by atoms with van der Waals surface area (Å²) in [5, 5.41) is 20.2. The molecule has 330 valence electrons. The van der Waals surface area contributed by atoms with Gasteiger partial charge in [0, 0.05) is 29.6 Å². The van der Waals surface area contributed by atoms with E-state index >= 15 is 0 Å². The molecule has 0 aliphatic heterocycles. The number of ether oxygens (including phenoxy) is 3. The van der Waals surface area contributed by atoms with Crippen molar-refractivity contribution in [2.24, 2.45) is 0 Å². The number of sulfonamides is 1. The molecule has 3 amide bonds. The van der Waals surface area contributed by atoms with Crippen LogP contribution in [0.2, 0.25) is 5.02 Å². The minimum Gasteiger partial charge on any atom is -0.465 e. The highest BCUT2D eigenvalue weighted by Crippen LogP contribution is 2.29. The van der Waals surface area contributed by atoms with Gasteiger partial charge in [0.1, 0.15) is 24.3 Å². The van der Waals surface area contributed by atoms with Crippen molar-refractivity contribution in [3.05, 3.63) is 117 Å². The van der Waals surface area contributed by atoms with E-state index in [2.05, 4.69) is 39.6 Å². The zero-order valence-electron chi connectivity index (χ0n) is 34.9. The summed E-state index contributed by atoms with van der Waals surface area (Å²) >= 11 is 6.11. The number of hydrogen-bond acceptors (Lipinski definition) is 11. The molecule has 0 saturated carbocycles. The van der Waals surface area contributed by atoms with E-state index in [0.717, 1.165) is 22.0 Å². The zero-order valence-corrected chi connectivity index (χ0v) is 36.4. The molecule has 62 heavy (non-hydrogen) atoms. The number of nitrogens with zero attached hydrogens (tertiary/aromatic N) is 2. The van der Waals surface area contributed by atoms with E-state index in [4.69, 9.17) is 25.8 Å². The van der Waals surface area contributed by atoms with Gasteiger partial charge in [0.05, 0.1) is 24.6 Å². The average Bonchev–Trinajstić information content (AvgIpc) is 3.22. The molecule has 0 heterocycles. The number of benzene rings is 3. The van der Waals surface area contributed by atoms with Gasteiger partial charge >= 0.3 is 18.2 Å². The van der Waals surface area contributed by atoms with Crippen molar-refractivity contribution in [1.29, 1.82) is 0 Å². The highest BCUT2D eigenvalue weighted by atomic mass is 35.5. The molecule has 0 aliphatic carbocycles. The van der Waals surface area contributed by atoms with Gasteiger partial charge in [-0.05, 0) is 76.8 Å². The van der Waals surface area contributed by atoms with Crippen molar-refractivity contribution in [3.63, 3.8) is 0 Å². The van der Waals surface area contributed by atoms with E-state index in [-0.39, 0.29) is 45.6 Å². The van der Waals surface area contributed by atoms with Gasteiger partial charge in [0.25, 0.3) is 15.7 Å². The number of unbranched alkanes of at least 4 members (excludes halogenated alkanes) is 1. The average molecular weight is 892 g/mol. The number of allylic oxidation sites excluding steroid dienone is 2. The lowest BCUT2D eigenvalue weighted by Gasteiger charge is -2.28. The number of carbonyl (C=O) groups is 4. The number of nitro benzene ring substituents is 1. The van der Waals surface area contributed by atoms with Crippen molar-refractivity contribution in [3.8, 4) is 23.7 Å². The molecule has 0 fully saturated rings. The van der Waals surface area contributed by atoms with Crippen LogP contribution in [-0.4, -0.2) is 85.6 Å². The van der Waals surface area contributed by atoms with Crippen molar-refractivity contribution < 1.29 is 46.7 Å². The minimum atomic E-state index is -4.73. The lowest BCUT2D eigenvalue weighted by Crippen LogP contribution is -2.49. The Morgan fingerprint density at radius 3 is 2.23 bits per heavy atom. The van der Waals surface area contributed by atoms with Crippen molar-refractivity contribution in [2.75, 3.05) is 26.2 Å². The van der Waals surface area contributed by atoms with E-state index in [1.807, 2.05) is 30.3 Å². The van der Waals surface area contributed by atoms with Gasteiger partial charge in [0.15, 0.2) is 4.90 Å². The van der Waals surface area contributed by atoms with Crippen LogP contribution in [0.3, 0.4) is 0 Å². The topological polar surface area (TPSA) is 213 Å². The summed E-state index contributed by atoms with van der Waals surface area (Å²) in [4.78, 5) is 61.5. The van der Waals surface area contributed by atoms with Crippen molar-refractivity contribution in [2.45, 2.75) is 82.6 Å². The molecular weight excluding hydrogens is 842 g/mol. The highest BCUT2D eigenvalue weighted by molar-refractivity contribution is 7.89. The first-order chi connectivity index (χ1) is 29.5. The number of rotatable bonds is 19. The van der Waals surface area contributed by atoms with Crippen molar-refractivity contribution in [1.82, 2.24) is 20.3 Å². The molecule has 0 aromatic heterocycles. The Morgan fingerprint density at radius 2 is 1.55 bits per heavy atom. The van der Waals surface area contributed by atoms with Gasteiger partial charge < -0.3 is 30.2 Å². The van der Waals surface area contributed by atoms with E-state index in [0.29, 0.717) is 17.0 Å². The van der Waals surface area contributed by atoms with Gasteiger partial charge in [0.2, 0.25) is 5.91 Å². The highest BCUT2D eigenvalue weighted by Gasteiger charge is 2.39. The maximum atomic E-state index is 14.1. The first-order valence-electron chi connectivity index (χ1n) is 19.5. The van der Waals surface area contributed by atoms with Gasteiger partial charge in [-0.1, -0.05) is 95.9 Å². The van der Waals surface area contributed by atoms with Gasteiger partial charge in [-0.3, -0.25) is 19.7 Å². The molecule has 16 nitrogen and oxygen atoms in total. The smallest absolute Gasteiger partial charge is 0.408 e. The van der Waals surface area contributed by atoms with Crippen LogP contribution in [0.1, 0.15) is 58.1 Å². The summed E-state index contributed by atoms with van der Waals surface area (Å²) in [6.45, 7) is 6.03.